The number of nitrogens with one attached hydrogen (secondary N) is 1. The Balaban J connectivity index is 2.74. The molecule has 0 saturated heterocycles. The van der Waals surface area contributed by atoms with E-state index in [0.717, 1.165) is 0 Å². The zero-order chi connectivity index (χ0) is 12.7. The first-order valence-electron chi connectivity index (χ1n) is 5.22. The summed E-state index contributed by atoms with van der Waals surface area (Å²) in [6.45, 7) is 0.927. The normalized spacial score (nSPS) is 10.2. The Morgan fingerprint density at radius 2 is 2.29 bits per heavy atom. The van der Waals surface area contributed by atoms with Crippen molar-refractivity contribution in [2.75, 3.05) is 24.4 Å². The van der Waals surface area contributed by atoms with E-state index in [1.54, 1.807) is 19.4 Å². The van der Waals surface area contributed by atoms with Crippen LogP contribution in [0.4, 0.5) is 5.69 Å². The maximum Gasteiger partial charge on any atom is 0.250 e. The highest BCUT2D eigenvalue weighted by molar-refractivity contribution is 9.09. The summed E-state index contributed by atoms with van der Waals surface area (Å²) in [5.41, 5.74) is 0.507. The number of anilines is 1. The van der Waals surface area contributed by atoms with Gasteiger partial charge in [-0.2, -0.15) is 0 Å². The Kier molecular flexibility index (Phi) is 5.93. The SMILES string of the molecule is COCCn1cc(NC(=O)CCBr)ccc1=O. The van der Waals surface area contributed by atoms with E-state index in [4.69, 9.17) is 4.74 Å². The number of halogens is 1. The van der Waals surface area contributed by atoms with Gasteiger partial charge in [-0.3, -0.25) is 9.59 Å². The van der Waals surface area contributed by atoms with Gasteiger partial charge in [-0.15, -0.1) is 0 Å². The highest BCUT2D eigenvalue weighted by Gasteiger charge is 2.03. The first-order valence-corrected chi connectivity index (χ1v) is 6.34. The van der Waals surface area contributed by atoms with E-state index in [1.807, 2.05) is 0 Å². The monoisotopic (exact) mass is 302 g/mol. The van der Waals surface area contributed by atoms with Gasteiger partial charge >= 0.3 is 0 Å². The molecule has 17 heavy (non-hydrogen) atoms. The minimum absolute atomic E-state index is 0.0844. The van der Waals surface area contributed by atoms with Crippen LogP contribution < -0.4 is 10.9 Å². The number of hydrogen-bond acceptors (Lipinski definition) is 3. The summed E-state index contributed by atoms with van der Waals surface area (Å²) in [5.74, 6) is -0.0844. The van der Waals surface area contributed by atoms with Crippen molar-refractivity contribution in [3.8, 4) is 0 Å². The van der Waals surface area contributed by atoms with Crippen molar-refractivity contribution < 1.29 is 9.53 Å². The average molecular weight is 303 g/mol. The number of aromatic nitrogens is 1. The molecule has 1 aromatic rings. The Labute approximate surface area is 108 Å². The van der Waals surface area contributed by atoms with Crippen LogP contribution >= 0.6 is 15.9 Å². The first kappa shape index (κ1) is 13.9. The number of alkyl halides is 1. The van der Waals surface area contributed by atoms with E-state index >= 15 is 0 Å². The molecule has 1 aromatic heterocycles. The largest absolute Gasteiger partial charge is 0.383 e. The van der Waals surface area contributed by atoms with Gasteiger partial charge in [-0.1, -0.05) is 15.9 Å². The van der Waals surface area contributed by atoms with Crippen LogP contribution in [0.2, 0.25) is 0 Å². The molecule has 0 bridgehead atoms. The number of amides is 1. The summed E-state index contributed by atoms with van der Waals surface area (Å²) < 4.78 is 6.41. The Morgan fingerprint density at radius 1 is 1.53 bits per heavy atom. The van der Waals surface area contributed by atoms with Gasteiger partial charge in [0.2, 0.25) is 5.91 Å². The molecule has 0 atom stereocenters. The highest BCUT2D eigenvalue weighted by Crippen LogP contribution is 2.04. The minimum Gasteiger partial charge on any atom is -0.383 e. The second-order valence-corrected chi connectivity index (χ2v) is 4.22. The number of pyridine rings is 1. The maximum absolute atomic E-state index is 11.5. The van der Waals surface area contributed by atoms with E-state index < -0.39 is 0 Å². The average Bonchev–Trinajstić information content (AvgIpc) is 2.30. The lowest BCUT2D eigenvalue weighted by molar-refractivity contribution is -0.115. The molecule has 0 aliphatic rings. The highest BCUT2D eigenvalue weighted by atomic mass is 79.9. The second kappa shape index (κ2) is 7.24. The molecular formula is C11H15BrN2O3. The smallest absolute Gasteiger partial charge is 0.250 e. The summed E-state index contributed by atoms with van der Waals surface area (Å²) >= 11 is 3.19. The number of nitrogens with zero attached hydrogens (tertiary/aromatic N) is 1. The van der Waals surface area contributed by atoms with Crippen LogP contribution in [0.5, 0.6) is 0 Å². The molecule has 1 amide bonds. The third kappa shape index (κ3) is 4.70. The molecule has 94 valence electrons. The van der Waals surface area contributed by atoms with Crippen molar-refractivity contribution in [1.82, 2.24) is 4.57 Å². The van der Waals surface area contributed by atoms with Crippen LogP contribution in [-0.2, 0) is 16.1 Å². The lowest BCUT2D eigenvalue weighted by Crippen LogP contribution is -2.22. The number of ether oxygens (including phenoxy) is 1. The molecule has 0 unspecified atom stereocenters. The van der Waals surface area contributed by atoms with Crippen LogP contribution in [-0.4, -0.2) is 29.5 Å². The standard InChI is InChI=1S/C11H15BrN2O3/c1-17-7-6-14-8-9(2-3-11(14)16)13-10(15)4-5-12/h2-3,8H,4-7H2,1H3,(H,13,15). The van der Waals surface area contributed by atoms with Gasteiger partial charge in [0.15, 0.2) is 0 Å². The van der Waals surface area contributed by atoms with Gasteiger partial charge in [0.05, 0.1) is 12.3 Å². The van der Waals surface area contributed by atoms with Gasteiger partial charge < -0.3 is 14.6 Å². The number of methoxy groups -OCH3 is 1. The van der Waals surface area contributed by atoms with Crippen LogP contribution in [0.3, 0.4) is 0 Å². The van der Waals surface area contributed by atoms with E-state index in [1.165, 1.54) is 10.6 Å². The Morgan fingerprint density at radius 3 is 2.94 bits per heavy atom. The molecule has 0 spiro atoms. The Bertz CT molecular complexity index is 431. The topological polar surface area (TPSA) is 60.3 Å². The van der Waals surface area contributed by atoms with Crippen LogP contribution in [0.25, 0.3) is 0 Å². The molecule has 1 heterocycles. The second-order valence-electron chi connectivity index (χ2n) is 3.43. The molecule has 0 saturated carbocycles. The molecule has 1 rings (SSSR count). The van der Waals surface area contributed by atoms with E-state index in [2.05, 4.69) is 21.2 Å². The van der Waals surface area contributed by atoms with Crippen LogP contribution in [0.1, 0.15) is 6.42 Å². The summed E-state index contributed by atoms with van der Waals surface area (Å²) in [7, 11) is 1.58. The zero-order valence-electron chi connectivity index (χ0n) is 9.61. The quantitative estimate of drug-likeness (QED) is 0.804. The fraction of sp³-hybridized carbons (Fsp3) is 0.455. The van der Waals surface area contributed by atoms with Crippen molar-refractivity contribution in [3.63, 3.8) is 0 Å². The lowest BCUT2D eigenvalue weighted by atomic mass is 10.3. The minimum atomic E-state index is -0.111. The lowest BCUT2D eigenvalue weighted by Gasteiger charge is -2.08. The predicted molar refractivity (Wildman–Crippen MR) is 69.6 cm³/mol. The third-order valence-electron chi connectivity index (χ3n) is 2.13. The molecule has 0 radical (unpaired) electrons. The van der Waals surface area contributed by atoms with E-state index in [0.29, 0.717) is 30.6 Å². The maximum atomic E-state index is 11.5. The summed E-state index contributed by atoms with van der Waals surface area (Å²) in [6.07, 6.45) is 2.02. The first-order chi connectivity index (χ1) is 8.17. The van der Waals surface area contributed by atoms with Crippen molar-refractivity contribution in [2.45, 2.75) is 13.0 Å². The number of hydrogen-bond donors (Lipinski definition) is 1. The van der Waals surface area contributed by atoms with Crippen LogP contribution in [0, 0.1) is 0 Å². The van der Waals surface area contributed by atoms with Gasteiger partial charge in [0, 0.05) is 37.7 Å². The van der Waals surface area contributed by atoms with Crippen LogP contribution in [0.15, 0.2) is 23.1 Å². The molecule has 0 aromatic carbocycles. The molecule has 5 nitrogen and oxygen atoms in total. The molecule has 6 heteroatoms. The molecule has 0 fully saturated rings. The third-order valence-corrected chi connectivity index (χ3v) is 2.52. The fourth-order valence-electron chi connectivity index (χ4n) is 1.28. The van der Waals surface area contributed by atoms with Gasteiger partial charge in [0.1, 0.15) is 0 Å². The van der Waals surface area contributed by atoms with E-state index in [9.17, 15) is 9.59 Å². The Hall–Kier alpha value is -1.14. The van der Waals surface area contributed by atoms with Crippen molar-refractivity contribution in [1.29, 1.82) is 0 Å². The number of carbonyl (C=O) groups excluding carboxylic acids is 1. The molecule has 0 aliphatic carbocycles. The van der Waals surface area contributed by atoms with Gasteiger partial charge in [-0.25, -0.2) is 0 Å². The van der Waals surface area contributed by atoms with Gasteiger partial charge in [-0.05, 0) is 6.07 Å². The predicted octanol–water partition coefficient (Wildman–Crippen LogP) is 1.22. The fourth-order valence-corrected chi connectivity index (χ4v) is 1.64. The number of rotatable bonds is 6. The van der Waals surface area contributed by atoms with Crippen molar-refractivity contribution >= 4 is 27.5 Å². The van der Waals surface area contributed by atoms with E-state index in [-0.39, 0.29) is 11.5 Å². The summed E-state index contributed by atoms with van der Waals surface area (Å²) in [6, 6.07) is 3.02. The molecule has 1 N–H and O–H groups in total. The van der Waals surface area contributed by atoms with Crippen molar-refractivity contribution in [3.05, 3.63) is 28.7 Å². The zero-order valence-corrected chi connectivity index (χ0v) is 11.2. The van der Waals surface area contributed by atoms with Gasteiger partial charge in [0.25, 0.3) is 5.56 Å². The molecular weight excluding hydrogens is 288 g/mol. The number of carbonyl (C=O) groups is 1. The summed E-state index contributed by atoms with van der Waals surface area (Å²) in [4.78, 5) is 22.8. The van der Waals surface area contributed by atoms with Crippen molar-refractivity contribution in [2.24, 2.45) is 0 Å². The summed E-state index contributed by atoms with van der Waals surface area (Å²) in [5, 5.41) is 3.33. The molecule has 0 aliphatic heterocycles.